The minimum atomic E-state index is -0.394. The molecule has 0 spiro atoms. The summed E-state index contributed by atoms with van der Waals surface area (Å²) in [6, 6.07) is 0.412. The molecule has 4 rings (SSSR count). The number of hydrogen-bond donors (Lipinski definition) is 1. The largest absolute Gasteiger partial charge is 0.380 e. The van der Waals surface area contributed by atoms with Crippen molar-refractivity contribution < 1.29 is 4.39 Å². The molecule has 1 N–H and O–H groups in total. The van der Waals surface area contributed by atoms with Crippen LogP contribution in [0.25, 0.3) is 10.9 Å². The second-order valence-electron chi connectivity index (χ2n) is 6.83. The van der Waals surface area contributed by atoms with E-state index in [0.29, 0.717) is 40.6 Å². The van der Waals surface area contributed by atoms with Crippen LogP contribution in [0.4, 0.5) is 15.9 Å². The number of likely N-dealkylation sites (N-methyl/N-ethyl adjacent to an activating group) is 1. The Bertz CT molecular complexity index is 949. The van der Waals surface area contributed by atoms with Crippen molar-refractivity contribution in [1.82, 2.24) is 12.7 Å². The predicted molar refractivity (Wildman–Crippen MR) is 107 cm³/mol. The van der Waals surface area contributed by atoms with Crippen LogP contribution in [0.5, 0.6) is 0 Å². The van der Waals surface area contributed by atoms with Crippen molar-refractivity contribution in [3.63, 3.8) is 0 Å². The molecule has 25 heavy (non-hydrogen) atoms. The first-order valence-electron chi connectivity index (χ1n) is 8.12. The quantitative estimate of drug-likeness (QED) is 0.591. The molecule has 2 aliphatic heterocycles. The molecule has 1 aromatic carbocycles. The summed E-state index contributed by atoms with van der Waals surface area (Å²) < 4.78 is 16.3. The average Bonchev–Trinajstić information content (AvgIpc) is 2.71. The van der Waals surface area contributed by atoms with Gasteiger partial charge in [0.05, 0.1) is 50.5 Å². The van der Waals surface area contributed by atoms with Gasteiger partial charge >= 0.3 is 5.69 Å². The molecule has 9 heteroatoms. The molecule has 0 bridgehead atoms. The second-order valence-corrected chi connectivity index (χ2v) is 8.17. The Labute approximate surface area is 163 Å². The second kappa shape index (κ2) is 5.95. The van der Waals surface area contributed by atoms with Crippen LogP contribution in [-0.2, 0) is 0 Å². The van der Waals surface area contributed by atoms with Gasteiger partial charge in [-0.25, -0.2) is 12.0 Å². The van der Waals surface area contributed by atoms with Gasteiger partial charge in [-0.15, -0.1) is 0 Å². The maximum Gasteiger partial charge on any atom is 0.359 e. The van der Waals surface area contributed by atoms with Crippen LogP contribution in [-0.4, -0.2) is 51.4 Å². The highest BCUT2D eigenvalue weighted by molar-refractivity contribution is 14.1. The van der Waals surface area contributed by atoms with Gasteiger partial charge in [-0.2, -0.15) is 4.98 Å². The van der Waals surface area contributed by atoms with E-state index in [1.807, 2.05) is 22.9 Å². The number of rotatable bonds is 0. The normalized spacial score (nSPS) is 23.4. The van der Waals surface area contributed by atoms with Crippen LogP contribution >= 0.6 is 34.5 Å². The van der Waals surface area contributed by atoms with E-state index in [9.17, 15) is 9.18 Å². The highest BCUT2D eigenvalue weighted by Crippen LogP contribution is 2.42. The highest BCUT2D eigenvalue weighted by Gasteiger charge is 2.36. The fourth-order valence-electron chi connectivity index (χ4n) is 3.70. The van der Waals surface area contributed by atoms with Crippen molar-refractivity contribution in [2.45, 2.75) is 25.9 Å². The molecule has 0 saturated carbocycles. The number of fused-ring (bicyclic) bond motifs is 2. The van der Waals surface area contributed by atoms with Gasteiger partial charge in [0, 0.05) is 31.2 Å². The fourth-order valence-corrected chi connectivity index (χ4v) is 4.69. The molecule has 0 aliphatic carbocycles. The first-order chi connectivity index (χ1) is 11.8. The number of anilines is 2. The van der Waals surface area contributed by atoms with E-state index in [1.165, 1.54) is 2.78 Å². The molecule has 1 fully saturated rings. The van der Waals surface area contributed by atoms with Crippen LogP contribution in [0.2, 0.25) is 5.02 Å². The van der Waals surface area contributed by atoms with Gasteiger partial charge in [0.2, 0.25) is 0 Å². The van der Waals surface area contributed by atoms with E-state index in [0.717, 1.165) is 13.1 Å². The van der Waals surface area contributed by atoms with Crippen molar-refractivity contribution in [1.29, 1.82) is 0 Å². The van der Waals surface area contributed by atoms with Crippen LogP contribution in [0, 0.1) is 12.7 Å². The third-order valence-electron chi connectivity index (χ3n) is 5.30. The summed E-state index contributed by atoms with van der Waals surface area (Å²) in [4.78, 5) is 21.1. The maximum atomic E-state index is 15.0. The summed E-state index contributed by atoms with van der Waals surface area (Å²) >= 11 is 8.31. The molecule has 2 atom stereocenters. The minimum absolute atomic E-state index is 0.104. The first-order valence-corrected chi connectivity index (χ1v) is 9.46. The van der Waals surface area contributed by atoms with Crippen LogP contribution in [0.3, 0.4) is 0 Å². The molecule has 1 saturated heterocycles. The number of hydrogen-bond acceptors (Lipinski definition) is 5. The van der Waals surface area contributed by atoms with Gasteiger partial charge < -0.3 is 10.2 Å². The Balaban J connectivity index is 2.09. The Kier molecular flexibility index (Phi) is 4.12. The molecular weight excluding hydrogens is 460 g/mol. The number of aromatic nitrogens is 2. The number of nitrogens with one attached hydrogen (secondary N) is 1. The van der Waals surface area contributed by atoms with E-state index >= 15 is 0 Å². The van der Waals surface area contributed by atoms with Gasteiger partial charge in [-0.05, 0) is 20.9 Å². The van der Waals surface area contributed by atoms with E-state index in [2.05, 4.69) is 34.1 Å². The van der Waals surface area contributed by atoms with Crippen molar-refractivity contribution in [2.75, 3.05) is 36.9 Å². The molecule has 2 aromatic rings. The summed E-state index contributed by atoms with van der Waals surface area (Å²) in [6.07, 6.45) is 0. The lowest BCUT2D eigenvalue weighted by atomic mass is 10.1. The first kappa shape index (κ1) is 17.3. The summed E-state index contributed by atoms with van der Waals surface area (Å²) in [5.74, 6) is 0.149. The third-order valence-corrected chi connectivity index (χ3v) is 6.66. The van der Waals surface area contributed by atoms with E-state index in [-0.39, 0.29) is 16.9 Å². The Morgan fingerprint density at radius 3 is 2.84 bits per heavy atom. The Hall–Kier alpha value is -1.13. The molecule has 134 valence electrons. The lowest BCUT2D eigenvalue weighted by Crippen LogP contribution is -2.58. The maximum absolute atomic E-state index is 15.0. The van der Waals surface area contributed by atoms with Gasteiger partial charge in [-0.3, -0.25) is 4.90 Å². The molecule has 2 unspecified atom stereocenters. The summed E-state index contributed by atoms with van der Waals surface area (Å²) in [7, 11) is 2.08. The predicted octanol–water partition coefficient (Wildman–Crippen LogP) is 2.63. The summed E-state index contributed by atoms with van der Waals surface area (Å²) in [5, 5.41) is 4.09. The summed E-state index contributed by atoms with van der Waals surface area (Å²) in [6.45, 7) is 5.88. The monoisotopic (exact) mass is 477 g/mol. The highest BCUT2D eigenvalue weighted by atomic mass is 127. The fraction of sp³-hybridized carbons (Fsp3) is 0.500. The molecule has 3 heterocycles. The molecule has 0 radical (unpaired) electrons. The number of nitrogens with zero attached hydrogens (tertiary/aromatic N) is 4. The topological polar surface area (TPSA) is 53.4 Å². The van der Waals surface area contributed by atoms with Gasteiger partial charge in [0.25, 0.3) is 0 Å². The molecule has 6 nitrogen and oxygen atoms in total. The number of piperazine rings is 1. The average molecular weight is 478 g/mol. The molecule has 2 aliphatic rings. The molecular formula is C16H18ClFIN5O. The smallest absolute Gasteiger partial charge is 0.359 e. The van der Waals surface area contributed by atoms with Crippen LogP contribution in [0.15, 0.2) is 4.79 Å². The van der Waals surface area contributed by atoms with E-state index in [4.69, 9.17) is 11.6 Å². The Morgan fingerprint density at radius 2 is 2.12 bits per heavy atom. The zero-order valence-corrected chi connectivity index (χ0v) is 17.0. The number of benzene rings is 1. The number of halogens is 3. The van der Waals surface area contributed by atoms with Crippen LogP contribution in [0.1, 0.15) is 12.5 Å². The van der Waals surface area contributed by atoms with Gasteiger partial charge in [0.15, 0.2) is 5.82 Å². The molecule has 0 amide bonds. The summed E-state index contributed by atoms with van der Waals surface area (Å²) in [5.41, 5.74) is 0.846. The zero-order chi connectivity index (χ0) is 18.0. The standard InChI is InChI=1S/C16H18ClFIN5O/c1-7-5-23-9(6-22(7)3)4-20-13-10-14(11(17)8(2)12(13)18)24(19)16(25)21-15(10)23/h7,9,20H,4-6H2,1-3H3. The zero-order valence-electron chi connectivity index (χ0n) is 14.1. The lowest BCUT2D eigenvalue weighted by Gasteiger charge is -2.43. The van der Waals surface area contributed by atoms with Crippen molar-refractivity contribution in [3.05, 3.63) is 26.9 Å². The van der Waals surface area contributed by atoms with Crippen molar-refractivity contribution in [3.8, 4) is 0 Å². The third kappa shape index (κ3) is 2.44. The Morgan fingerprint density at radius 1 is 1.40 bits per heavy atom. The molecule has 1 aromatic heterocycles. The van der Waals surface area contributed by atoms with Gasteiger partial charge in [0.1, 0.15) is 5.82 Å². The lowest BCUT2D eigenvalue weighted by molar-refractivity contribution is 0.203. The van der Waals surface area contributed by atoms with Crippen molar-refractivity contribution >= 4 is 56.9 Å². The van der Waals surface area contributed by atoms with E-state index in [1.54, 1.807) is 6.92 Å². The minimum Gasteiger partial charge on any atom is -0.380 e. The van der Waals surface area contributed by atoms with Crippen molar-refractivity contribution in [2.24, 2.45) is 0 Å². The van der Waals surface area contributed by atoms with E-state index < -0.39 is 5.69 Å². The van der Waals surface area contributed by atoms with Gasteiger partial charge in [-0.1, -0.05) is 11.6 Å². The van der Waals surface area contributed by atoms with Crippen LogP contribution < -0.4 is 15.9 Å². The SMILES string of the molecule is Cc1c(F)c2c3c(nc(=O)n(I)c3c1Cl)N1CC(C)N(C)CC1CN2.